The van der Waals surface area contributed by atoms with E-state index < -0.39 is 0 Å². The molecule has 0 unspecified atom stereocenters. The highest BCUT2D eigenvalue weighted by atomic mass is 15.0. The number of nitrogens with zero attached hydrogens (tertiary/aromatic N) is 5. The normalized spacial score (nSPS) is 12.2. The summed E-state index contributed by atoms with van der Waals surface area (Å²) in [5, 5.41) is 8.37. The van der Waals surface area contributed by atoms with Crippen molar-refractivity contribution >= 4 is 71.1 Å². The second-order valence-electron chi connectivity index (χ2n) is 11.1. The molecule has 0 aliphatic carbocycles. The van der Waals surface area contributed by atoms with Crippen molar-refractivity contribution in [3.05, 3.63) is 140 Å². The third kappa shape index (κ3) is 2.90. The summed E-state index contributed by atoms with van der Waals surface area (Å²) in [6, 6.07) is 43.5. The summed E-state index contributed by atoms with van der Waals surface area (Å²) in [7, 11) is 0. The molecule has 0 aliphatic heterocycles. The Bertz CT molecular complexity index is 2710. The van der Waals surface area contributed by atoms with Crippen LogP contribution in [-0.4, -0.2) is 23.5 Å². The van der Waals surface area contributed by atoms with Gasteiger partial charge in [-0.1, -0.05) is 60.7 Å². The molecule has 0 atom stereocenters. The van der Waals surface area contributed by atoms with Crippen LogP contribution in [0.25, 0.3) is 82.4 Å². The standard InChI is InChI=1S/C38H23N5/c1-3-10-24(11-4-1)42-30-16-8-7-14-26(30)34-31(42)19-20-32-35(34)27-17-18-29-33(36(27)43(32)25-12-5-2-6-13-25)28-15-9-21-39-37(28)41-23-22-40-38(29)41/h1-23H. The van der Waals surface area contributed by atoms with Gasteiger partial charge in [0.05, 0.1) is 22.1 Å². The van der Waals surface area contributed by atoms with Crippen LogP contribution in [-0.2, 0) is 0 Å². The van der Waals surface area contributed by atoms with E-state index in [4.69, 9.17) is 9.97 Å². The van der Waals surface area contributed by atoms with Gasteiger partial charge in [0.25, 0.3) is 0 Å². The Morgan fingerprint density at radius 3 is 1.77 bits per heavy atom. The molecule has 0 bridgehead atoms. The smallest absolute Gasteiger partial charge is 0.146 e. The van der Waals surface area contributed by atoms with Gasteiger partial charge in [-0.15, -0.1) is 0 Å². The summed E-state index contributed by atoms with van der Waals surface area (Å²) in [6.07, 6.45) is 5.73. The van der Waals surface area contributed by atoms with Gasteiger partial charge in [-0.2, -0.15) is 0 Å². The van der Waals surface area contributed by atoms with Crippen LogP contribution in [0.1, 0.15) is 0 Å². The molecule has 5 heterocycles. The quantitative estimate of drug-likeness (QED) is 0.202. The lowest BCUT2D eigenvalue weighted by Crippen LogP contribution is -1.97. The number of imidazole rings is 1. The number of aromatic nitrogens is 5. The van der Waals surface area contributed by atoms with E-state index in [0.29, 0.717) is 0 Å². The third-order valence-electron chi connectivity index (χ3n) is 8.92. The van der Waals surface area contributed by atoms with Crippen LogP contribution in [0.5, 0.6) is 0 Å². The second kappa shape index (κ2) is 8.30. The Balaban J connectivity index is 1.52. The molecule has 5 aromatic carbocycles. The number of para-hydroxylation sites is 3. The molecule has 0 N–H and O–H groups in total. The highest BCUT2D eigenvalue weighted by Gasteiger charge is 2.23. The van der Waals surface area contributed by atoms with E-state index in [1.807, 2.05) is 24.7 Å². The maximum absolute atomic E-state index is 4.83. The summed E-state index contributed by atoms with van der Waals surface area (Å²) in [4.78, 5) is 9.63. The van der Waals surface area contributed by atoms with E-state index in [9.17, 15) is 0 Å². The molecule has 0 amide bonds. The van der Waals surface area contributed by atoms with Crippen LogP contribution in [0.15, 0.2) is 140 Å². The van der Waals surface area contributed by atoms with E-state index in [2.05, 4.69) is 129 Å². The van der Waals surface area contributed by atoms with Crippen LogP contribution in [0.3, 0.4) is 0 Å². The van der Waals surface area contributed by atoms with Gasteiger partial charge in [0.2, 0.25) is 0 Å². The third-order valence-corrected chi connectivity index (χ3v) is 8.92. The van der Waals surface area contributed by atoms with E-state index in [0.717, 1.165) is 33.4 Å². The highest BCUT2D eigenvalue weighted by molar-refractivity contribution is 6.34. The lowest BCUT2D eigenvalue weighted by Gasteiger charge is -2.12. The monoisotopic (exact) mass is 549 g/mol. The molecule has 5 heteroatoms. The largest absolute Gasteiger partial charge is 0.309 e. The Hall–Kier alpha value is -5.94. The van der Waals surface area contributed by atoms with E-state index in [1.165, 1.54) is 49.0 Å². The Morgan fingerprint density at radius 1 is 0.395 bits per heavy atom. The van der Waals surface area contributed by atoms with Crippen LogP contribution in [0.2, 0.25) is 0 Å². The zero-order valence-corrected chi connectivity index (χ0v) is 23.0. The number of pyridine rings is 2. The molecule has 200 valence electrons. The number of hydrogen-bond donors (Lipinski definition) is 0. The van der Waals surface area contributed by atoms with Crippen molar-refractivity contribution in [2.24, 2.45) is 0 Å². The molecule has 0 saturated heterocycles. The van der Waals surface area contributed by atoms with E-state index in [1.54, 1.807) is 0 Å². The van der Waals surface area contributed by atoms with Crippen molar-refractivity contribution in [1.82, 2.24) is 23.5 Å². The Labute approximate surface area is 245 Å². The molecule has 0 fully saturated rings. The van der Waals surface area contributed by atoms with Crippen molar-refractivity contribution in [3.8, 4) is 11.4 Å². The Morgan fingerprint density at radius 2 is 0.977 bits per heavy atom. The number of rotatable bonds is 2. The fraction of sp³-hybridized carbons (Fsp3) is 0. The second-order valence-corrected chi connectivity index (χ2v) is 11.1. The molecule has 0 radical (unpaired) electrons. The minimum absolute atomic E-state index is 0.908. The van der Waals surface area contributed by atoms with Gasteiger partial charge in [-0.25, -0.2) is 9.97 Å². The first-order valence-electron chi connectivity index (χ1n) is 14.5. The first kappa shape index (κ1) is 22.7. The first-order valence-corrected chi connectivity index (χ1v) is 14.5. The fourth-order valence-corrected chi connectivity index (χ4v) is 7.27. The molecule has 0 saturated carbocycles. The SMILES string of the molecule is c1ccc(-n2c3ccccc3c3c4c5ccc6c(c7cccnc7n7ccnc67)c5n(-c5ccccc5)c4ccc32)cc1. The van der Waals surface area contributed by atoms with E-state index in [-0.39, 0.29) is 0 Å². The molecular formula is C38H23N5. The van der Waals surface area contributed by atoms with Crippen molar-refractivity contribution in [1.29, 1.82) is 0 Å². The van der Waals surface area contributed by atoms with Gasteiger partial charge in [0, 0.05) is 67.7 Å². The predicted molar refractivity (Wildman–Crippen MR) is 177 cm³/mol. The molecule has 0 aliphatic rings. The van der Waals surface area contributed by atoms with Gasteiger partial charge in [-0.3, -0.25) is 4.40 Å². The predicted octanol–water partition coefficient (Wildman–Crippen LogP) is 9.23. The molecular weight excluding hydrogens is 526 g/mol. The number of benzene rings is 5. The van der Waals surface area contributed by atoms with Gasteiger partial charge < -0.3 is 9.13 Å². The van der Waals surface area contributed by atoms with Gasteiger partial charge in [-0.05, 0) is 60.7 Å². The lowest BCUT2D eigenvalue weighted by molar-refractivity contribution is 1.17. The number of fused-ring (bicyclic) bond motifs is 14. The summed E-state index contributed by atoms with van der Waals surface area (Å²) >= 11 is 0. The lowest BCUT2D eigenvalue weighted by atomic mass is 10.0. The average molecular weight is 550 g/mol. The summed E-state index contributed by atoms with van der Waals surface area (Å²) < 4.78 is 6.93. The molecule has 5 nitrogen and oxygen atoms in total. The van der Waals surface area contributed by atoms with Gasteiger partial charge in [0.15, 0.2) is 0 Å². The van der Waals surface area contributed by atoms with Crippen molar-refractivity contribution in [2.75, 3.05) is 0 Å². The summed E-state index contributed by atoms with van der Waals surface area (Å²) in [5.74, 6) is 0. The Kier molecular flexibility index (Phi) is 4.39. The van der Waals surface area contributed by atoms with Crippen LogP contribution >= 0.6 is 0 Å². The maximum atomic E-state index is 4.83. The topological polar surface area (TPSA) is 40.1 Å². The minimum Gasteiger partial charge on any atom is -0.309 e. The van der Waals surface area contributed by atoms with Gasteiger partial charge >= 0.3 is 0 Å². The van der Waals surface area contributed by atoms with Crippen molar-refractivity contribution in [3.63, 3.8) is 0 Å². The molecule has 43 heavy (non-hydrogen) atoms. The number of hydrogen-bond acceptors (Lipinski definition) is 2. The summed E-state index contributed by atoms with van der Waals surface area (Å²) in [6.45, 7) is 0. The van der Waals surface area contributed by atoms with Crippen LogP contribution in [0, 0.1) is 0 Å². The zero-order chi connectivity index (χ0) is 28.1. The molecule has 10 aromatic rings. The summed E-state index contributed by atoms with van der Waals surface area (Å²) in [5.41, 5.74) is 8.85. The van der Waals surface area contributed by atoms with Crippen LogP contribution in [0.4, 0.5) is 0 Å². The van der Waals surface area contributed by atoms with E-state index >= 15 is 0 Å². The minimum atomic E-state index is 0.908. The van der Waals surface area contributed by atoms with Crippen LogP contribution < -0.4 is 0 Å². The van der Waals surface area contributed by atoms with Crippen molar-refractivity contribution < 1.29 is 0 Å². The van der Waals surface area contributed by atoms with Crippen molar-refractivity contribution in [2.45, 2.75) is 0 Å². The zero-order valence-electron chi connectivity index (χ0n) is 23.0. The van der Waals surface area contributed by atoms with Gasteiger partial charge in [0.1, 0.15) is 11.3 Å². The highest BCUT2D eigenvalue weighted by Crippen LogP contribution is 2.45. The first-order chi connectivity index (χ1) is 21.4. The molecule has 10 rings (SSSR count). The maximum Gasteiger partial charge on any atom is 0.146 e. The average Bonchev–Trinajstić information content (AvgIpc) is 3.78. The molecule has 0 spiro atoms. The fourth-order valence-electron chi connectivity index (χ4n) is 7.27. The molecule has 5 aromatic heterocycles.